The van der Waals surface area contributed by atoms with Crippen LogP contribution in [0.2, 0.25) is 10.0 Å². The maximum absolute atomic E-state index is 13.2. The normalized spacial score (nSPS) is 18.6. The van der Waals surface area contributed by atoms with E-state index < -0.39 is 21.8 Å². The maximum Gasteiger partial charge on any atom is 0.313 e. The average molecular weight is 601 g/mol. The fourth-order valence-corrected chi connectivity index (χ4v) is 7.61. The van der Waals surface area contributed by atoms with E-state index in [0.29, 0.717) is 47.7 Å². The van der Waals surface area contributed by atoms with E-state index >= 15 is 0 Å². The van der Waals surface area contributed by atoms with Crippen LogP contribution >= 0.6 is 23.2 Å². The topological polar surface area (TPSA) is 86.8 Å². The van der Waals surface area contributed by atoms with Crippen molar-refractivity contribution in [2.24, 2.45) is 5.92 Å². The predicted octanol–water partition coefficient (Wildman–Crippen LogP) is 5.94. The molecular weight excluding hydrogens is 569 g/mol. The van der Waals surface area contributed by atoms with Gasteiger partial charge in [0.25, 0.3) is 0 Å². The summed E-state index contributed by atoms with van der Waals surface area (Å²) in [7, 11) is -3.65. The van der Waals surface area contributed by atoms with Crippen LogP contribution in [0, 0.1) is 5.92 Å². The Labute approximate surface area is 245 Å². The zero-order chi connectivity index (χ0) is 28.3. The number of amides is 2. The molecule has 5 rings (SSSR count). The van der Waals surface area contributed by atoms with Crippen molar-refractivity contribution in [3.05, 3.63) is 94.0 Å². The molecule has 10 heteroatoms. The highest BCUT2D eigenvalue weighted by Crippen LogP contribution is 2.35. The molecule has 2 amide bonds. The number of piperidine rings is 1. The summed E-state index contributed by atoms with van der Waals surface area (Å²) in [4.78, 5) is 27.5. The number of anilines is 1. The molecule has 1 atom stereocenters. The first kappa shape index (κ1) is 28.6. The van der Waals surface area contributed by atoms with Gasteiger partial charge < -0.3 is 10.2 Å². The summed E-state index contributed by atoms with van der Waals surface area (Å²) in [6, 6.07) is 21.1. The van der Waals surface area contributed by atoms with Crippen LogP contribution in [0.15, 0.2) is 77.7 Å². The lowest BCUT2D eigenvalue weighted by Crippen LogP contribution is -2.39. The smallest absolute Gasteiger partial charge is 0.313 e. The van der Waals surface area contributed by atoms with Crippen LogP contribution in [0.25, 0.3) is 0 Å². The molecule has 3 aromatic rings. The van der Waals surface area contributed by atoms with Crippen LogP contribution in [-0.2, 0) is 26.0 Å². The lowest BCUT2D eigenvalue weighted by molar-refractivity contribution is -0.143. The highest BCUT2D eigenvalue weighted by Gasteiger charge is 2.34. The summed E-state index contributed by atoms with van der Waals surface area (Å²) in [5.41, 5.74) is 2.41. The van der Waals surface area contributed by atoms with Crippen molar-refractivity contribution < 1.29 is 18.0 Å². The van der Waals surface area contributed by atoms with E-state index in [4.69, 9.17) is 23.2 Å². The molecule has 2 aliphatic heterocycles. The molecule has 40 heavy (non-hydrogen) atoms. The zero-order valence-corrected chi connectivity index (χ0v) is 24.3. The van der Waals surface area contributed by atoms with E-state index in [1.807, 2.05) is 18.2 Å². The second kappa shape index (κ2) is 12.3. The first-order valence-corrected chi connectivity index (χ1v) is 15.6. The van der Waals surface area contributed by atoms with Gasteiger partial charge >= 0.3 is 11.8 Å². The first-order valence-electron chi connectivity index (χ1n) is 13.4. The Morgan fingerprint density at radius 2 is 1.50 bits per heavy atom. The third kappa shape index (κ3) is 6.52. The summed E-state index contributed by atoms with van der Waals surface area (Å²) in [6.07, 6.45) is 4.02. The van der Waals surface area contributed by atoms with Crippen molar-refractivity contribution in [2.75, 3.05) is 25.0 Å². The van der Waals surface area contributed by atoms with E-state index in [1.54, 1.807) is 18.2 Å². The Kier molecular flexibility index (Phi) is 8.80. The molecule has 2 saturated heterocycles. The van der Waals surface area contributed by atoms with Gasteiger partial charge in [-0.1, -0.05) is 53.5 Å². The molecule has 210 valence electrons. The molecule has 1 N–H and O–H groups in total. The number of sulfonamides is 1. The van der Waals surface area contributed by atoms with Crippen molar-refractivity contribution in [2.45, 2.75) is 43.0 Å². The molecule has 2 fully saturated rings. The van der Waals surface area contributed by atoms with Crippen molar-refractivity contribution >= 4 is 50.7 Å². The number of benzene rings is 3. The Morgan fingerprint density at radius 3 is 2.15 bits per heavy atom. The van der Waals surface area contributed by atoms with E-state index in [-0.39, 0.29) is 10.9 Å². The number of likely N-dealkylation sites (tertiary alicyclic amines) is 1. The van der Waals surface area contributed by atoms with Gasteiger partial charge in [-0.2, -0.15) is 4.31 Å². The minimum absolute atomic E-state index is 0.163. The van der Waals surface area contributed by atoms with Gasteiger partial charge in [0.15, 0.2) is 0 Å². The lowest BCUT2D eigenvalue weighted by atomic mass is 9.91. The molecule has 2 heterocycles. The third-order valence-electron chi connectivity index (χ3n) is 7.67. The molecule has 0 aliphatic carbocycles. The summed E-state index contributed by atoms with van der Waals surface area (Å²) < 4.78 is 28.0. The van der Waals surface area contributed by atoms with Gasteiger partial charge in [0.2, 0.25) is 10.0 Å². The standard InChI is InChI=1S/C30H31Cl2N3O4S/c31-24-18-23(19-25(32)20-24)28-7-4-14-35(28)30(37)29(36)33-26-8-10-27(11-9-26)40(38,39)34-15-12-22(13-16-34)17-21-5-2-1-3-6-21/h1-3,5-6,8-11,18-20,22,28H,4,7,12-17H2,(H,33,36). The van der Waals surface area contributed by atoms with E-state index in [9.17, 15) is 18.0 Å². The number of hydrogen-bond donors (Lipinski definition) is 1. The van der Waals surface area contributed by atoms with Crippen LogP contribution in [0.4, 0.5) is 5.69 Å². The molecule has 3 aromatic carbocycles. The number of nitrogens with one attached hydrogen (secondary N) is 1. The second-order valence-corrected chi connectivity index (χ2v) is 13.2. The van der Waals surface area contributed by atoms with Crippen LogP contribution in [0.3, 0.4) is 0 Å². The Bertz CT molecular complexity index is 1450. The fourth-order valence-electron chi connectivity index (χ4n) is 5.60. The van der Waals surface area contributed by atoms with E-state index in [2.05, 4.69) is 17.4 Å². The van der Waals surface area contributed by atoms with Gasteiger partial charge in [0.05, 0.1) is 10.9 Å². The maximum atomic E-state index is 13.2. The van der Waals surface area contributed by atoms with Crippen LogP contribution in [0.1, 0.15) is 42.9 Å². The quantitative estimate of drug-likeness (QED) is 0.355. The minimum Gasteiger partial charge on any atom is -0.327 e. The van der Waals surface area contributed by atoms with Gasteiger partial charge in [-0.3, -0.25) is 9.59 Å². The molecule has 2 aliphatic rings. The summed E-state index contributed by atoms with van der Waals surface area (Å²) in [5.74, 6) is -0.986. The van der Waals surface area contributed by atoms with Gasteiger partial charge in [-0.05, 0) is 91.6 Å². The average Bonchev–Trinajstić information content (AvgIpc) is 3.43. The number of carbonyl (C=O) groups is 2. The van der Waals surface area contributed by atoms with Gasteiger partial charge in [-0.25, -0.2) is 8.42 Å². The zero-order valence-electron chi connectivity index (χ0n) is 21.9. The molecule has 7 nitrogen and oxygen atoms in total. The SMILES string of the molecule is O=C(Nc1ccc(S(=O)(=O)N2CCC(Cc3ccccc3)CC2)cc1)C(=O)N1CCCC1c1cc(Cl)cc(Cl)c1. The first-order chi connectivity index (χ1) is 19.2. The Balaban J connectivity index is 1.18. The summed E-state index contributed by atoms with van der Waals surface area (Å²) in [6.45, 7) is 1.39. The number of hydrogen-bond acceptors (Lipinski definition) is 4. The van der Waals surface area contributed by atoms with Crippen molar-refractivity contribution in [1.29, 1.82) is 0 Å². The molecule has 0 spiro atoms. The monoisotopic (exact) mass is 599 g/mol. The van der Waals surface area contributed by atoms with E-state index in [1.165, 1.54) is 39.0 Å². The third-order valence-corrected chi connectivity index (χ3v) is 10.0. The van der Waals surface area contributed by atoms with Gasteiger partial charge in [0, 0.05) is 35.4 Å². The number of rotatable bonds is 6. The molecule has 0 radical (unpaired) electrons. The van der Waals surface area contributed by atoms with Crippen molar-refractivity contribution in [3.8, 4) is 0 Å². The molecule has 1 unspecified atom stereocenters. The van der Waals surface area contributed by atoms with Gasteiger partial charge in [0.1, 0.15) is 0 Å². The minimum atomic E-state index is -3.65. The molecule has 0 saturated carbocycles. The highest BCUT2D eigenvalue weighted by atomic mass is 35.5. The fraction of sp³-hybridized carbons (Fsp3) is 0.333. The highest BCUT2D eigenvalue weighted by molar-refractivity contribution is 7.89. The van der Waals surface area contributed by atoms with Crippen molar-refractivity contribution in [1.82, 2.24) is 9.21 Å². The molecular formula is C30H31Cl2N3O4S. The summed E-state index contributed by atoms with van der Waals surface area (Å²) in [5, 5.41) is 3.55. The summed E-state index contributed by atoms with van der Waals surface area (Å²) >= 11 is 12.3. The van der Waals surface area contributed by atoms with Gasteiger partial charge in [-0.15, -0.1) is 0 Å². The predicted molar refractivity (Wildman–Crippen MR) is 157 cm³/mol. The van der Waals surface area contributed by atoms with E-state index in [0.717, 1.165) is 31.2 Å². The van der Waals surface area contributed by atoms with Crippen LogP contribution in [0.5, 0.6) is 0 Å². The number of carbonyl (C=O) groups excluding carboxylic acids is 2. The Morgan fingerprint density at radius 1 is 0.850 bits per heavy atom. The number of nitrogens with zero attached hydrogens (tertiary/aromatic N) is 2. The van der Waals surface area contributed by atoms with Crippen LogP contribution < -0.4 is 5.32 Å². The lowest BCUT2D eigenvalue weighted by Gasteiger charge is -2.31. The number of halogens is 2. The largest absolute Gasteiger partial charge is 0.327 e. The second-order valence-electron chi connectivity index (χ2n) is 10.4. The molecule has 0 bridgehead atoms. The Hall–Kier alpha value is -2.91. The van der Waals surface area contributed by atoms with Crippen molar-refractivity contribution in [3.63, 3.8) is 0 Å². The molecule has 0 aromatic heterocycles. The van der Waals surface area contributed by atoms with Crippen LogP contribution in [-0.4, -0.2) is 49.1 Å².